The number of nitrogen functional groups attached to an aromatic ring is 1. The van der Waals surface area contributed by atoms with Gasteiger partial charge in [0.05, 0.1) is 0 Å². The Balaban J connectivity index is 1.91. The molecule has 2 nitrogen and oxygen atoms in total. The van der Waals surface area contributed by atoms with Crippen molar-refractivity contribution in [2.45, 2.75) is 18.8 Å². The highest BCUT2D eigenvalue weighted by Gasteiger charge is 2.25. The number of rotatable bonds is 2. The second-order valence-electron chi connectivity index (χ2n) is 5.90. The van der Waals surface area contributed by atoms with E-state index in [0.29, 0.717) is 0 Å². The van der Waals surface area contributed by atoms with Gasteiger partial charge < -0.3 is 11.5 Å². The molecule has 3 rings (SSSR count). The monoisotopic (exact) mass is 276 g/mol. The van der Waals surface area contributed by atoms with Gasteiger partial charge in [0.1, 0.15) is 0 Å². The first-order chi connectivity index (χ1) is 10.1. The Morgan fingerprint density at radius 3 is 2.38 bits per heavy atom. The summed E-state index contributed by atoms with van der Waals surface area (Å²) in [4.78, 5) is 0. The minimum atomic E-state index is -0.0208. The molecule has 1 aliphatic carbocycles. The Morgan fingerprint density at radius 1 is 0.952 bits per heavy atom. The van der Waals surface area contributed by atoms with Crippen molar-refractivity contribution < 1.29 is 0 Å². The molecule has 2 heteroatoms. The van der Waals surface area contributed by atoms with Crippen molar-refractivity contribution in [3.63, 3.8) is 0 Å². The van der Waals surface area contributed by atoms with E-state index in [0.717, 1.165) is 23.4 Å². The normalized spacial score (nSPS) is 21.1. The van der Waals surface area contributed by atoms with Gasteiger partial charge in [-0.15, -0.1) is 0 Å². The first-order valence-corrected chi connectivity index (χ1v) is 7.17. The third-order valence-corrected chi connectivity index (χ3v) is 4.11. The van der Waals surface area contributed by atoms with E-state index < -0.39 is 0 Å². The Morgan fingerprint density at radius 2 is 1.71 bits per heavy atom. The van der Waals surface area contributed by atoms with E-state index >= 15 is 0 Å². The van der Waals surface area contributed by atoms with Crippen LogP contribution in [0.3, 0.4) is 0 Å². The number of allylic oxidation sites excluding steroid dienone is 4. The molecule has 0 aromatic heterocycles. The minimum absolute atomic E-state index is 0.0208. The highest BCUT2D eigenvalue weighted by Crippen LogP contribution is 2.34. The fraction of sp³-hybridized carbons (Fsp3) is 0.158. The number of nitrogens with two attached hydrogens (primary N) is 2. The molecule has 0 bridgehead atoms. The van der Waals surface area contributed by atoms with Gasteiger partial charge in [-0.3, -0.25) is 0 Å². The highest BCUT2D eigenvalue weighted by atomic mass is 14.6. The Labute approximate surface area is 125 Å². The smallest absolute Gasteiger partial charge is 0.0320 e. The predicted octanol–water partition coefficient (Wildman–Crippen LogP) is 4.00. The van der Waals surface area contributed by atoms with Crippen LogP contribution in [-0.2, 0) is 5.41 Å². The zero-order chi connectivity index (χ0) is 14.9. The second-order valence-corrected chi connectivity index (χ2v) is 5.90. The number of anilines is 1. The second kappa shape index (κ2) is 5.13. The zero-order valence-corrected chi connectivity index (χ0v) is 12.2. The fourth-order valence-electron chi connectivity index (χ4n) is 2.89. The molecule has 1 unspecified atom stereocenters. The van der Waals surface area contributed by atoms with Crippen LogP contribution in [0.4, 0.5) is 5.69 Å². The molecule has 0 radical (unpaired) electrons. The Hall–Kier alpha value is -2.48. The van der Waals surface area contributed by atoms with Crippen molar-refractivity contribution >= 4 is 5.69 Å². The maximum atomic E-state index is 5.98. The predicted molar refractivity (Wildman–Crippen MR) is 89.7 cm³/mol. The van der Waals surface area contributed by atoms with Gasteiger partial charge >= 0.3 is 0 Å². The van der Waals surface area contributed by atoms with Gasteiger partial charge in [-0.25, -0.2) is 0 Å². The Bertz CT molecular complexity index is 711. The topological polar surface area (TPSA) is 52.0 Å². The lowest BCUT2D eigenvalue weighted by Crippen LogP contribution is -2.24. The number of hydrogen-bond donors (Lipinski definition) is 2. The lowest BCUT2D eigenvalue weighted by molar-refractivity contribution is 0.577. The van der Waals surface area contributed by atoms with Gasteiger partial charge in [0.25, 0.3) is 0 Å². The minimum Gasteiger partial charge on any atom is -0.402 e. The number of hydrogen-bond acceptors (Lipinski definition) is 2. The van der Waals surface area contributed by atoms with Gasteiger partial charge in [-0.1, -0.05) is 55.5 Å². The molecule has 0 saturated heterocycles. The van der Waals surface area contributed by atoms with E-state index in [1.807, 2.05) is 30.4 Å². The third kappa shape index (κ3) is 2.70. The average Bonchev–Trinajstić information content (AvgIpc) is 2.47. The van der Waals surface area contributed by atoms with E-state index in [-0.39, 0.29) is 5.41 Å². The van der Waals surface area contributed by atoms with Crippen LogP contribution in [0.1, 0.15) is 18.9 Å². The van der Waals surface area contributed by atoms with E-state index in [4.69, 9.17) is 11.5 Å². The van der Waals surface area contributed by atoms with Crippen molar-refractivity contribution in [3.05, 3.63) is 78.0 Å². The van der Waals surface area contributed by atoms with Crippen molar-refractivity contribution in [1.82, 2.24) is 0 Å². The standard InChI is InChI=1S/C19H20N2/c1-19(11-3-6-18(21)13-19)16-9-7-14(8-10-16)15-4-2-5-17(20)12-15/h2-12H,13,20-21H2,1H3. The molecular weight excluding hydrogens is 256 g/mol. The summed E-state index contributed by atoms with van der Waals surface area (Å²) in [5.74, 6) is 0. The van der Waals surface area contributed by atoms with Crippen LogP contribution < -0.4 is 11.5 Å². The molecule has 2 aromatic rings. The van der Waals surface area contributed by atoms with E-state index in [1.165, 1.54) is 11.1 Å². The van der Waals surface area contributed by atoms with Crippen LogP contribution in [0.15, 0.2) is 72.5 Å². The van der Waals surface area contributed by atoms with Crippen LogP contribution in [-0.4, -0.2) is 0 Å². The molecule has 0 spiro atoms. The molecule has 21 heavy (non-hydrogen) atoms. The van der Waals surface area contributed by atoms with Crippen molar-refractivity contribution in [2.24, 2.45) is 5.73 Å². The van der Waals surface area contributed by atoms with Crippen molar-refractivity contribution in [3.8, 4) is 11.1 Å². The molecule has 2 aromatic carbocycles. The van der Waals surface area contributed by atoms with Crippen LogP contribution in [0.5, 0.6) is 0 Å². The van der Waals surface area contributed by atoms with Gasteiger partial charge in [0.2, 0.25) is 0 Å². The van der Waals surface area contributed by atoms with Crippen molar-refractivity contribution in [2.75, 3.05) is 5.73 Å². The molecule has 0 aliphatic heterocycles. The lowest BCUT2D eigenvalue weighted by atomic mass is 9.76. The van der Waals surface area contributed by atoms with Gasteiger partial charge in [0, 0.05) is 16.8 Å². The summed E-state index contributed by atoms with van der Waals surface area (Å²) in [6.07, 6.45) is 7.10. The maximum absolute atomic E-state index is 5.98. The van der Waals surface area contributed by atoms with Crippen LogP contribution in [0.25, 0.3) is 11.1 Å². The molecule has 0 amide bonds. The van der Waals surface area contributed by atoms with Gasteiger partial charge in [-0.05, 0) is 41.3 Å². The summed E-state index contributed by atoms with van der Waals surface area (Å²) in [5.41, 5.74) is 17.1. The zero-order valence-electron chi connectivity index (χ0n) is 12.2. The third-order valence-electron chi connectivity index (χ3n) is 4.11. The summed E-state index contributed by atoms with van der Waals surface area (Å²) in [6.45, 7) is 2.22. The van der Waals surface area contributed by atoms with Crippen LogP contribution in [0.2, 0.25) is 0 Å². The molecule has 4 N–H and O–H groups in total. The van der Waals surface area contributed by atoms with Gasteiger partial charge in [-0.2, -0.15) is 0 Å². The first kappa shape index (κ1) is 13.5. The first-order valence-electron chi connectivity index (χ1n) is 7.17. The number of benzene rings is 2. The largest absolute Gasteiger partial charge is 0.402 e. The van der Waals surface area contributed by atoms with Gasteiger partial charge in [0.15, 0.2) is 0 Å². The molecule has 0 saturated carbocycles. The van der Waals surface area contributed by atoms with Crippen LogP contribution in [0, 0.1) is 0 Å². The summed E-state index contributed by atoms with van der Waals surface area (Å²) in [6, 6.07) is 16.6. The van der Waals surface area contributed by atoms with E-state index in [1.54, 1.807) is 0 Å². The summed E-state index contributed by atoms with van der Waals surface area (Å²) in [5, 5.41) is 0. The molecule has 0 fully saturated rings. The van der Waals surface area contributed by atoms with E-state index in [9.17, 15) is 0 Å². The maximum Gasteiger partial charge on any atom is 0.0320 e. The summed E-state index contributed by atoms with van der Waals surface area (Å²) < 4.78 is 0. The summed E-state index contributed by atoms with van der Waals surface area (Å²) >= 11 is 0. The molecule has 1 atom stereocenters. The molecule has 0 heterocycles. The quantitative estimate of drug-likeness (QED) is 0.815. The van der Waals surface area contributed by atoms with Crippen LogP contribution >= 0.6 is 0 Å². The van der Waals surface area contributed by atoms with Crippen molar-refractivity contribution in [1.29, 1.82) is 0 Å². The average molecular weight is 276 g/mol. The van der Waals surface area contributed by atoms with E-state index in [2.05, 4.69) is 43.3 Å². The highest BCUT2D eigenvalue weighted by molar-refractivity contribution is 5.67. The summed E-state index contributed by atoms with van der Waals surface area (Å²) in [7, 11) is 0. The molecule has 106 valence electrons. The fourth-order valence-corrected chi connectivity index (χ4v) is 2.89. The lowest BCUT2D eigenvalue weighted by Gasteiger charge is -2.29. The Kier molecular flexibility index (Phi) is 3.30. The SMILES string of the molecule is CC1(c2ccc(-c3cccc(N)c3)cc2)C=CC=C(N)C1. The molecule has 1 aliphatic rings. The molecular formula is C19H20N2.